The van der Waals surface area contributed by atoms with Crippen molar-refractivity contribution in [3.63, 3.8) is 0 Å². The van der Waals surface area contributed by atoms with Crippen LogP contribution in [0.3, 0.4) is 0 Å². The van der Waals surface area contributed by atoms with Gasteiger partial charge in [-0.15, -0.1) is 22.0 Å². The van der Waals surface area contributed by atoms with E-state index < -0.39 is 0 Å². The van der Waals surface area contributed by atoms with Gasteiger partial charge in [-0.1, -0.05) is 55.1 Å². The first kappa shape index (κ1) is 17.3. The number of carbonyl (C=O) groups is 1. The molecule has 0 saturated heterocycles. The second-order valence-electron chi connectivity index (χ2n) is 5.04. The van der Waals surface area contributed by atoms with Gasteiger partial charge in [0.2, 0.25) is 11.0 Å². The summed E-state index contributed by atoms with van der Waals surface area (Å²) in [5, 5.41) is 11.5. The van der Waals surface area contributed by atoms with Crippen molar-refractivity contribution >= 4 is 45.9 Å². The lowest BCUT2D eigenvalue weighted by Crippen LogP contribution is -2.11. The third-order valence-electron chi connectivity index (χ3n) is 2.53. The zero-order chi connectivity index (χ0) is 15.8. The molecule has 2 rings (SSSR count). The summed E-state index contributed by atoms with van der Waals surface area (Å²) in [6, 6.07) is 10.1. The van der Waals surface area contributed by atoms with Crippen LogP contribution in [-0.4, -0.2) is 27.6 Å². The van der Waals surface area contributed by atoms with Crippen LogP contribution in [0.5, 0.6) is 0 Å². The SMILES string of the molecule is CC(C)CSc1nnc(NC(=O)CCSc2ccccc2)s1. The van der Waals surface area contributed by atoms with Crippen LogP contribution in [0.2, 0.25) is 0 Å². The zero-order valence-electron chi connectivity index (χ0n) is 12.6. The van der Waals surface area contributed by atoms with E-state index in [1.807, 2.05) is 30.3 Å². The highest BCUT2D eigenvalue weighted by atomic mass is 32.2. The summed E-state index contributed by atoms with van der Waals surface area (Å²) >= 11 is 4.79. The topological polar surface area (TPSA) is 54.9 Å². The molecule has 0 unspecified atom stereocenters. The van der Waals surface area contributed by atoms with E-state index in [4.69, 9.17) is 0 Å². The van der Waals surface area contributed by atoms with Crippen molar-refractivity contribution in [2.24, 2.45) is 5.92 Å². The van der Waals surface area contributed by atoms with Crippen molar-refractivity contribution < 1.29 is 4.79 Å². The Kier molecular flexibility index (Phi) is 7.21. The first-order valence-electron chi connectivity index (χ1n) is 7.07. The van der Waals surface area contributed by atoms with Crippen LogP contribution < -0.4 is 5.32 Å². The number of aromatic nitrogens is 2. The number of carbonyl (C=O) groups excluding carboxylic acids is 1. The highest BCUT2D eigenvalue weighted by Crippen LogP contribution is 2.27. The third kappa shape index (κ3) is 6.37. The summed E-state index contributed by atoms with van der Waals surface area (Å²) < 4.78 is 0.905. The molecule has 2 aromatic rings. The molecule has 0 aliphatic carbocycles. The molecule has 7 heteroatoms. The van der Waals surface area contributed by atoms with Gasteiger partial charge in [-0.25, -0.2) is 0 Å². The maximum atomic E-state index is 11.9. The normalized spacial score (nSPS) is 10.9. The van der Waals surface area contributed by atoms with Gasteiger partial charge in [-0.05, 0) is 18.1 Å². The van der Waals surface area contributed by atoms with Gasteiger partial charge in [-0.3, -0.25) is 4.79 Å². The first-order valence-corrected chi connectivity index (χ1v) is 9.86. The number of thioether (sulfide) groups is 2. The van der Waals surface area contributed by atoms with Crippen LogP contribution in [0, 0.1) is 5.92 Å². The summed E-state index contributed by atoms with van der Waals surface area (Å²) in [4.78, 5) is 13.1. The molecule has 0 fully saturated rings. The number of nitrogens with zero attached hydrogens (tertiary/aromatic N) is 2. The Morgan fingerprint density at radius 3 is 2.73 bits per heavy atom. The fourth-order valence-electron chi connectivity index (χ4n) is 1.52. The number of anilines is 1. The number of amides is 1. The zero-order valence-corrected chi connectivity index (χ0v) is 15.1. The van der Waals surface area contributed by atoms with Crippen molar-refractivity contribution in [3.05, 3.63) is 30.3 Å². The Balaban J connectivity index is 1.70. The van der Waals surface area contributed by atoms with Crippen LogP contribution in [0.1, 0.15) is 20.3 Å². The van der Waals surface area contributed by atoms with E-state index in [1.54, 1.807) is 23.5 Å². The molecule has 4 nitrogen and oxygen atoms in total. The van der Waals surface area contributed by atoms with Crippen LogP contribution in [-0.2, 0) is 4.79 Å². The predicted octanol–water partition coefficient (Wildman–Crippen LogP) is 4.41. The molecule has 0 bridgehead atoms. The molecule has 0 aliphatic rings. The Morgan fingerprint density at radius 1 is 1.23 bits per heavy atom. The van der Waals surface area contributed by atoms with Crippen LogP contribution >= 0.6 is 34.9 Å². The molecule has 1 aromatic heterocycles. The van der Waals surface area contributed by atoms with Crippen molar-refractivity contribution in [2.75, 3.05) is 16.8 Å². The molecule has 1 N–H and O–H groups in total. The Hall–Kier alpha value is -1.05. The van der Waals surface area contributed by atoms with Crippen molar-refractivity contribution in [2.45, 2.75) is 29.5 Å². The molecular weight excluding hydrogens is 334 g/mol. The van der Waals surface area contributed by atoms with Crippen molar-refractivity contribution in [1.29, 1.82) is 0 Å². The van der Waals surface area contributed by atoms with Gasteiger partial charge < -0.3 is 5.32 Å². The number of hydrogen-bond donors (Lipinski definition) is 1. The van der Waals surface area contributed by atoms with E-state index in [9.17, 15) is 4.79 Å². The van der Waals surface area contributed by atoms with Crippen LogP contribution in [0.15, 0.2) is 39.6 Å². The minimum atomic E-state index is -0.0139. The van der Waals surface area contributed by atoms with E-state index in [2.05, 4.69) is 29.4 Å². The second kappa shape index (κ2) is 9.17. The summed E-state index contributed by atoms with van der Waals surface area (Å²) in [5.74, 6) is 2.36. The number of hydrogen-bond acceptors (Lipinski definition) is 6. The summed E-state index contributed by atoms with van der Waals surface area (Å²) in [7, 11) is 0. The van der Waals surface area contributed by atoms with Crippen molar-refractivity contribution in [3.8, 4) is 0 Å². The molecule has 1 heterocycles. The highest BCUT2D eigenvalue weighted by Gasteiger charge is 2.09. The lowest BCUT2D eigenvalue weighted by molar-refractivity contribution is -0.115. The maximum absolute atomic E-state index is 11.9. The van der Waals surface area contributed by atoms with Gasteiger partial charge in [0, 0.05) is 22.8 Å². The van der Waals surface area contributed by atoms with Gasteiger partial charge in [-0.2, -0.15) is 0 Å². The van der Waals surface area contributed by atoms with Gasteiger partial charge in [0.25, 0.3) is 0 Å². The van der Waals surface area contributed by atoms with E-state index in [0.29, 0.717) is 17.5 Å². The standard InChI is InChI=1S/C15H19N3OS3/c1-11(2)10-21-15-18-17-14(22-15)16-13(19)8-9-20-12-6-4-3-5-7-12/h3-7,11H,8-10H2,1-2H3,(H,16,17,19). The summed E-state index contributed by atoms with van der Waals surface area (Å²) in [6.07, 6.45) is 0.466. The fraction of sp³-hybridized carbons (Fsp3) is 0.400. The molecule has 0 atom stereocenters. The predicted molar refractivity (Wildman–Crippen MR) is 95.9 cm³/mol. The molecule has 0 spiro atoms. The number of benzene rings is 1. The Morgan fingerprint density at radius 2 is 2.00 bits per heavy atom. The van der Waals surface area contributed by atoms with Crippen LogP contribution in [0.25, 0.3) is 0 Å². The largest absolute Gasteiger partial charge is 0.300 e. The molecule has 118 valence electrons. The first-order chi connectivity index (χ1) is 10.6. The van der Waals surface area contributed by atoms with Crippen LogP contribution in [0.4, 0.5) is 5.13 Å². The molecule has 1 aromatic carbocycles. The monoisotopic (exact) mass is 353 g/mol. The second-order valence-corrected chi connectivity index (χ2v) is 8.45. The average molecular weight is 354 g/mol. The lowest BCUT2D eigenvalue weighted by Gasteiger charge is -2.02. The molecule has 0 aliphatic heterocycles. The Labute approximate surface area is 143 Å². The Bertz CT molecular complexity index is 587. The summed E-state index contributed by atoms with van der Waals surface area (Å²) in [6.45, 7) is 4.34. The van der Waals surface area contributed by atoms with Crippen molar-refractivity contribution in [1.82, 2.24) is 10.2 Å². The van der Waals surface area contributed by atoms with E-state index in [-0.39, 0.29) is 5.91 Å². The number of rotatable bonds is 8. The molecule has 22 heavy (non-hydrogen) atoms. The van der Waals surface area contributed by atoms with Gasteiger partial charge in [0.1, 0.15) is 0 Å². The lowest BCUT2D eigenvalue weighted by atomic mass is 10.3. The van der Waals surface area contributed by atoms with Gasteiger partial charge >= 0.3 is 0 Å². The van der Waals surface area contributed by atoms with Gasteiger partial charge in [0.15, 0.2) is 4.34 Å². The molecule has 0 saturated carbocycles. The minimum Gasteiger partial charge on any atom is -0.300 e. The summed E-state index contributed by atoms with van der Waals surface area (Å²) in [5.41, 5.74) is 0. The number of nitrogens with one attached hydrogen (secondary N) is 1. The minimum absolute atomic E-state index is 0.0139. The highest BCUT2D eigenvalue weighted by molar-refractivity contribution is 8.01. The quantitative estimate of drug-likeness (QED) is 0.563. The van der Waals surface area contributed by atoms with Gasteiger partial charge in [0.05, 0.1) is 0 Å². The molecule has 1 amide bonds. The smallest absolute Gasteiger partial charge is 0.227 e. The van der Waals surface area contributed by atoms with E-state index in [1.165, 1.54) is 16.2 Å². The molecule has 0 radical (unpaired) electrons. The van der Waals surface area contributed by atoms with E-state index >= 15 is 0 Å². The molecular formula is C15H19N3OS3. The maximum Gasteiger partial charge on any atom is 0.227 e. The fourth-order valence-corrected chi connectivity index (χ4v) is 4.13. The average Bonchev–Trinajstić information content (AvgIpc) is 2.94. The van der Waals surface area contributed by atoms with E-state index in [0.717, 1.165) is 15.8 Å². The third-order valence-corrected chi connectivity index (χ3v) is 5.95.